The summed E-state index contributed by atoms with van der Waals surface area (Å²) in [4.78, 5) is 17.2. The average Bonchev–Trinajstić information content (AvgIpc) is 2.92. The number of fused-ring (bicyclic) bond motifs is 1. The number of amides is 1. The van der Waals surface area contributed by atoms with Crippen LogP contribution < -0.4 is 10.1 Å². The zero-order chi connectivity index (χ0) is 17.8. The quantitative estimate of drug-likeness (QED) is 0.835. The van der Waals surface area contributed by atoms with E-state index in [-0.39, 0.29) is 6.03 Å². The molecule has 1 N–H and O–H groups in total. The minimum absolute atomic E-state index is 0.0742. The van der Waals surface area contributed by atoms with Gasteiger partial charge < -0.3 is 19.9 Å². The second-order valence-corrected chi connectivity index (χ2v) is 6.89. The molecule has 1 fully saturated rings. The molecule has 1 aromatic carbocycles. The van der Waals surface area contributed by atoms with Crippen LogP contribution in [-0.2, 0) is 6.42 Å². The monoisotopic (exact) mass is 344 g/mol. The van der Waals surface area contributed by atoms with Gasteiger partial charge in [0.1, 0.15) is 5.75 Å². The number of carbonyl (C=O) groups excluding carboxylic acids is 1. The molecule has 6 nitrogen and oxygen atoms in total. The third-order valence-corrected chi connectivity index (χ3v) is 4.80. The van der Waals surface area contributed by atoms with Gasteiger partial charge in [0.25, 0.3) is 0 Å². The average molecular weight is 344 g/mol. The van der Waals surface area contributed by atoms with Crippen LogP contribution in [0.4, 0.5) is 4.79 Å². The van der Waals surface area contributed by atoms with Gasteiger partial charge in [-0.3, -0.25) is 4.57 Å². The van der Waals surface area contributed by atoms with E-state index >= 15 is 0 Å². The lowest BCUT2D eigenvalue weighted by molar-refractivity contribution is 0.181. The highest BCUT2D eigenvalue weighted by molar-refractivity contribution is 5.94. The van der Waals surface area contributed by atoms with Crippen LogP contribution in [0.1, 0.15) is 12.0 Å². The highest BCUT2D eigenvalue weighted by Crippen LogP contribution is 2.26. The normalized spacial score (nSPS) is 14.7. The lowest BCUT2D eigenvalue weighted by atomic mass is 10.1. The molecule has 136 valence electrons. The molecule has 1 saturated heterocycles. The number of carbonyl (C=O) groups is 1. The lowest BCUT2D eigenvalue weighted by Crippen LogP contribution is -2.43. The van der Waals surface area contributed by atoms with Crippen molar-refractivity contribution in [3.05, 3.63) is 30.0 Å². The second-order valence-electron chi connectivity index (χ2n) is 6.89. The molecular weight excluding hydrogens is 316 g/mol. The van der Waals surface area contributed by atoms with Gasteiger partial charge >= 0.3 is 6.03 Å². The van der Waals surface area contributed by atoms with E-state index in [0.29, 0.717) is 6.54 Å². The van der Waals surface area contributed by atoms with Crippen LogP contribution in [0.5, 0.6) is 5.75 Å². The number of nitrogens with zero attached hydrogens (tertiary/aromatic N) is 3. The Bertz CT molecular complexity index is 734. The molecule has 3 rings (SSSR count). The molecule has 1 amide bonds. The van der Waals surface area contributed by atoms with E-state index in [4.69, 9.17) is 4.74 Å². The summed E-state index contributed by atoms with van der Waals surface area (Å²) in [5.41, 5.74) is 2.08. The van der Waals surface area contributed by atoms with Crippen molar-refractivity contribution in [2.24, 2.45) is 0 Å². The summed E-state index contributed by atoms with van der Waals surface area (Å²) in [7, 11) is 5.77. The number of nitrogens with one attached hydrogen (secondary N) is 1. The van der Waals surface area contributed by atoms with Crippen molar-refractivity contribution < 1.29 is 9.53 Å². The summed E-state index contributed by atoms with van der Waals surface area (Å²) in [6, 6.07) is 5.86. The van der Waals surface area contributed by atoms with Gasteiger partial charge in [0.2, 0.25) is 0 Å². The molecule has 0 aliphatic carbocycles. The molecule has 0 bridgehead atoms. The largest absolute Gasteiger partial charge is 0.497 e. The number of likely N-dealkylation sites (tertiary alicyclic amines) is 1. The van der Waals surface area contributed by atoms with Crippen LogP contribution in [0.3, 0.4) is 0 Å². The fourth-order valence-corrected chi connectivity index (χ4v) is 3.13. The minimum Gasteiger partial charge on any atom is -0.497 e. The fraction of sp³-hybridized carbons (Fsp3) is 0.526. The molecule has 0 radical (unpaired) electrons. The van der Waals surface area contributed by atoms with Crippen LogP contribution in [0.2, 0.25) is 0 Å². The number of likely N-dealkylation sites (N-methyl/N-ethyl adjacent to an activating group) is 1. The first-order valence-electron chi connectivity index (χ1n) is 8.92. The molecule has 2 heterocycles. The molecule has 0 saturated carbocycles. The van der Waals surface area contributed by atoms with Crippen LogP contribution >= 0.6 is 0 Å². The molecule has 25 heavy (non-hydrogen) atoms. The Morgan fingerprint density at radius 2 is 2.12 bits per heavy atom. The topological polar surface area (TPSA) is 49.7 Å². The minimum atomic E-state index is -0.0742. The van der Waals surface area contributed by atoms with Crippen LogP contribution in [0, 0.1) is 0 Å². The molecule has 6 heteroatoms. The van der Waals surface area contributed by atoms with Crippen molar-refractivity contribution in [3.63, 3.8) is 0 Å². The van der Waals surface area contributed by atoms with E-state index in [1.807, 2.05) is 24.4 Å². The molecule has 0 atom stereocenters. The third kappa shape index (κ3) is 4.14. The number of rotatable bonds is 7. The first-order chi connectivity index (χ1) is 12.1. The first kappa shape index (κ1) is 17.8. The molecular formula is C19H28N4O2. The van der Waals surface area contributed by atoms with E-state index in [0.717, 1.165) is 49.3 Å². The van der Waals surface area contributed by atoms with E-state index in [1.54, 1.807) is 11.7 Å². The van der Waals surface area contributed by atoms with Gasteiger partial charge in [-0.15, -0.1) is 0 Å². The number of hydrogen-bond donors (Lipinski definition) is 1. The van der Waals surface area contributed by atoms with Crippen molar-refractivity contribution in [2.75, 3.05) is 53.9 Å². The maximum atomic E-state index is 12.7. The second kappa shape index (κ2) is 7.89. The summed E-state index contributed by atoms with van der Waals surface area (Å²) in [6.07, 6.45) is 4.14. The van der Waals surface area contributed by atoms with Gasteiger partial charge in [-0.1, -0.05) is 0 Å². The van der Waals surface area contributed by atoms with Crippen LogP contribution in [-0.4, -0.2) is 74.3 Å². The Labute approximate surface area is 149 Å². The summed E-state index contributed by atoms with van der Waals surface area (Å²) < 4.78 is 7.06. The predicted molar refractivity (Wildman–Crippen MR) is 101 cm³/mol. The SMILES string of the molecule is COc1ccc2c(CCN(C)C)cn(C(=O)NCCN3CCC3)c2c1. The van der Waals surface area contributed by atoms with Crippen molar-refractivity contribution >= 4 is 16.9 Å². The molecule has 1 aliphatic heterocycles. The molecule has 0 spiro atoms. The highest BCUT2D eigenvalue weighted by Gasteiger charge is 2.16. The highest BCUT2D eigenvalue weighted by atomic mass is 16.5. The summed E-state index contributed by atoms with van der Waals surface area (Å²) in [5.74, 6) is 0.763. The number of benzene rings is 1. The number of aromatic nitrogens is 1. The smallest absolute Gasteiger partial charge is 0.326 e. The first-order valence-corrected chi connectivity index (χ1v) is 8.92. The zero-order valence-electron chi connectivity index (χ0n) is 15.4. The predicted octanol–water partition coefficient (Wildman–Crippen LogP) is 2.02. The standard InChI is InChI=1S/C19H28N4O2/c1-21(2)11-7-15-14-23(18-13-16(25-3)5-6-17(15)18)19(24)20-8-12-22-9-4-10-22/h5-6,13-14H,4,7-12H2,1-3H3,(H,20,24). The summed E-state index contributed by atoms with van der Waals surface area (Å²) in [5, 5.41) is 4.15. The Hall–Kier alpha value is -2.05. The van der Waals surface area contributed by atoms with Gasteiger partial charge in [-0.2, -0.15) is 0 Å². The fourth-order valence-electron chi connectivity index (χ4n) is 3.13. The van der Waals surface area contributed by atoms with Gasteiger partial charge in [-0.05, 0) is 57.7 Å². The molecule has 1 aromatic heterocycles. The molecule has 0 unspecified atom stereocenters. The van der Waals surface area contributed by atoms with E-state index in [9.17, 15) is 4.79 Å². The van der Waals surface area contributed by atoms with E-state index in [1.165, 1.54) is 12.0 Å². The van der Waals surface area contributed by atoms with Gasteiger partial charge in [0.15, 0.2) is 0 Å². The van der Waals surface area contributed by atoms with Gasteiger partial charge in [0, 0.05) is 37.3 Å². The molecule has 2 aromatic rings. The zero-order valence-corrected chi connectivity index (χ0v) is 15.4. The van der Waals surface area contributed by atoms with Gasteiger partial charge in [0.05, 0.1) is 12.6 Å². The van der Waals surface area contributed by atoms with E-state index in [2.05, 4.69) is 29.2 Å². The lowest BCUT2D eigenvalue weighted by Gasteiger charge is -2.30. The van der Waals surface area contributed by atoms with Gasteiger partial charge in [-0.25, -0.2) is 4.79 Å². The van der Waals surface area contributed by atoms with Crippen molar-refractivity contribution in [3.8, 4) is 5.75 Å². The Balaban J connectivity index is 1.79. The Morgan fingerprint density at radius 3 is 2.76 bits per heavy atom. The Kier molecular flexibility index (Phi) is 5.60. The Morgan fingerprint density at radius 1 is 1.32 bits per heavy atom. The summed E-state index contributed by atoms with van der Waals surface area (Å²) >= 11 is 0. The van der Waals surface area contributed by atoms with Crippen molar-refractivity contribution in [1.82, 2.24) is 19.7 Å². The van der Waals surface area contributed by atoms with Crippen LogP contribution in [0.25, 0.3) is 10.9 Å². The number of hydrogen-bond acceptors (Lipinski definition) is 4. The van der Waals surface area contributed by atoms with Crippen LogP contribution in [0.15, 0.2) is 24.4 Å². The van der Waals surface area contributed by atoms with E-state index < -0.39 is 0 Å². The maximum absolute atomic E-state index is 12.7. The summed E-state index contributed by atoms with van der Waals surface area (Å²) in [6.45, 7) is 4.83. The van der Waals surface area contributed by atoms with Crippen molar-refractivity contribution in [2.45, 2.75) is 12.8 Å². The maximum Gasteiger partial charge on any atom is 0.326 e. The van der Waals surface area contributed by atoms with Crippen molar-refractivity contribution in [1.29, 1.82) is 0 Å². The third-order valence-electron chi connectivity index (χ3n) is 4.80. The number of ether oxygens (including phenoxy) is 1. The molecule has 1 aliphatic rings. The number of methoxy groups -OCH3 is 1.